The summed E-state index contributed by atoms with van der Waals surface area (Å²) in [6.07, 6.45) is 3.03. The molecule has 4 rings (SSSR count). The lowest BCUT2D eigenvalue weighted by molar-refractivity contribution is -0.178. The number of hydrogen-bond acceptors (Lipinski definition) is 8. The van der Waals surface area contributed by atoms with Gasteiger partial charge in [-0.05, 0) is 55.5 Å². The smallest absolute Gasteiger partial charge is 0.320 e. The molecule has 0 radical (unpaired) electrons. The van der Waals surface area contributed by atoms with Crippen LogP contribution in [0.4, 0.5) is 0 Å². The minimum Gasteiger partial charge on any atom is -0.493 e. The molecular formula is C35H46N2O8. The summed E-state index contributed by atoms with van der Waals surface area (Å²) in [5, 5.41) is 2.92. The molecule has 0 unspecified atom stereocenters. The van der Waals surface area contributed by atoms with E-state index in [1.54, 1.807) is 19.1 Å². The fraction of sp³-hybridized carbons (Fsp3) is 0.514. The molecule has 1 fully saturated rings. The van der Waals surface area contributed by atoms with Gasteiger partial charge in [0.15, 0.2) is 11.5 Å². The van der Waals surface area contributed by atoms with Crippen molar-refractivity contribution in [2.45, 2.75) is 64.8 Å². The quantitative estimate of drug-likeness (QED) is 0.229. The Morgan fingerprint density at radius 3 is 2.49 bits per heavy atom. The van der Waals surface area contributed by atoms with Gasteiger partial charge in [0.05, 0.1) is 40.6 Å². The number of ether oxygens (including phenoxy) is 5. The maximum absolute atomic E-state index is 14.2. The second-order valence-corrected chi connectivity index (χ2v) is 11.6. The number of benzene rings is 2. The van der Waals surface area contributed by atoms with Crippen molar-refractivity contribution in [3.8, 4) is 11.5 Å². The Balaban J connectivity index is 1.66. The van der Waals surface area contributed by atoms with Crippen molar-refractivity contribution in [3.05, 3.63) is 71.4 Å². The molecule has 0 saturated carbocycles. The largest absolute Gasteiger partial charge is 0.493 e. The van der Waals surface area contributed by atoms with Gasteiger partial charge in [-0.3, -0.25) is 14.4 Å². The second-order valence-electron chi connectivity index (χ2n) is 11.6. The first-order valence-electron chi connectivity index (χ1n) is 15.6. The number of amides is 2. The van der Waals surface area contributed by atoms with Crippen molar-refractivity contribution < 1.29 is 38.1 Å². The standard InChI is InChI=1S/C35H46N2O8/c1-6-7-16-36-32(38)19-27-21-35(34(40)43-5)24(2)45-28(23-44-22-26-11-9-8-10-12-26)20-31(35)37(33(27)39)17-15-25-13-14-29(41-3)30(18-25)42-4/h8-14,18,20,24,27-28H,6-7,15-17,19,21-23H2,1-5H3,(H,36,38)/t24-,27+,28-,35+/m1/s1. The number of nitrogens with zero attached hydrogens (tertiary/aromatic N) is 1. The fourth-order valence-corrected chi connectivity index (χ4v) is 6.23. The van der Waals surface area contributed by atoms with E-state index in [9.17, 15) is 14.4 Å². The van der Waals surface area contributed by atoms with Crippen molar-refractivity contribution in [2.75, 3.05) is 41.0 Å². The molecule has 45 heavy (non-hydrogen) atoms. The molecule has 0 spiro atoms. The average Bonchev–Trinajstić information content (AvgIpc) is 3.05. The van der Waals surface area contributed by atoms with Crippen molar-refractivity contribution in [1.29, 1.82) is 0 Å². The van der Waals surface area contributed by atoms with Crippen molar-refractivity contribution in [2.24, 2.45) is 11.3 Å². The van der Waals surface area contributed by atoms with E-state index in [0.717, 1.165) is 24.0 Å². The zero-order valence-corrected chi connectivity index (χ0v) is 27.0. The monoisotopic (exact) mass is 622 g/mol. The summed E-state index contributed by atoms with van der Waals surface area (Å²) in [5.74, 6) is -0.459. The number of likely N-dealkylation sites (tertiary alicyclic amines) is 1. The van der Waals surface area contributed by atoms with Crippen LogP contribution in [0.25, 0.3) is 0 Å². The number of piperidine rings is 1. The van der Waals surface area contributed by atoms with Crippen LogP contribution in [0.1, 0.15) is 50.7 Å². The third kappa shape index (κ3) is 7.86. The lowest BCUT2D eigenvalue weighted by atomic mass is 9.66. The van der Waals surface area contributed by atoms with E-state index in [1.807, 2.05) is 68.5 Å². The summed E-state index contributed by atoms with van der Waals surface area (Å²) in [6, 6.07) is 15.4. The fourth-order valence-electron chi connectivity index (χ4n) is 6.23. The molecule has 2 heterocycles. The summed E-state index contributed by atoms with van der Waals surface area (Å²) < 4.78 is 28.6. The Morgan fingerprint density at radius 1 is 1.04 bits per heavy atom. The Labute approximate surface area is 266 Å². The zero-order valence-electron chi connectivity index (χ0n) is 27.0. The van der Waals surface area contributed by atoms with E-state index in [1.165, 1.54) is 7.11 Å². The van der Waals surface area contributed by atoms with Gasteiger partial charge in [-0.2, -0.15) is 0 Å². The number of esters is 1. The first-order chi connectivity index (χ1) is 21.8. The summed E-state index contributed by atoms with van der Waals surface area (Å²) in [7, 11) is 4.49. The number of hydrogen-bond donors (Lipinski definition) is 1. The van der Waals surface area contributed by atoms with Gasteiger partial charge in [-0.1, -0.05) is 49.7 Å². The molecule has 2 aliphatic heterocycles. The van der Waals surface area contributed by atoms with E-state index in [4.69, 9.17) is 23.7 Å². The van der Waals surface area contributed by atoms with Crippen molar-refractivity contribution >= 4 is 17.8 Å². The molecule has 10 nitrogen and oxygen atoms in total. The van der Waals surface area contributed by atoms with Gasteiger partial charge in [0.25, 0.3) is 0 Å². The van der Waals surface area contributed by atoms with Gasteiger partial charge < -0.3 is 33.9 Å². The van der Waals surface area contributed by atoms with E-state index in [2.05, 4.69) is 5.32 Å². The molecule has 10 heteroatoms. The van der Waals surface area contributed by atoms with Gasteiger partial charge >= 0.3 is 5.97 Å². The van der Waals surface area contributed by atoms with Gasteiger partial charge in [0, 0.05) is 31.1 Å². The molecule has 0 bridgehead atoms. The minimum atomic E-state index is -1.27. The summed E-state index contributed by atoms with van der Waals surface area (Å²) >= 11 is 0. The molecule has 2 amide bonds. The highest BCUT2D eigenvalue weighted by Crippen LogP contribution is 2.50. The lowest BCUT2D eigenvalue weighted by Gasteiger charge is -2.51. The van der Waals surface area contributed by atoms with Crippen molar-refractivity contribution in [3.63, 3.8) is 0 Å². The highest BCUT2D eigenvalue weighted by atomic mass is 16.6. The topological polar surface area (TPSA) is 113 Å². The number of methoxy groups -OCH3 is 3. The second kappa shape index (κ2) is 15.9. The van der Waals surface area contributed by atoms with Crippen LogP contribution >= 0.6 is 0 Å². The van der Waals surface area contributed by atoms with Crippen LogP contribution in [0.2, 0.25) is 0 Å². The van der Waals surface area contributed by atoms with Gasteiger partial charge in [0.2, 0.25) is 11.8 Å². The van der Waals surface area contributed by atoms with Gasteiger partial charge in [0.1, 0.15) is 11.5 Å². The first-order valence-corrected chi connectivity index (χ1v) is 15.6. The Hall–Kier alpha value is -3.89. The third-order valence-electron chi connectivity index (χ3n) is 8.65. The summed E-state index contributed by atoms with van der Waals surface area (Å²) in [4.78, 5) is 42.5. The molecule has 4 atom stereocenters. The zero-order chi connectivity index (χ0) is 32.4. The Kier molecular flexibility index (Phi) is 12.0. The number of carbonyl (C=O) groups excluding carboxylic acids is 3. The first kappa shape index (κ1) is 34.0. The molecule has 1 N–H and O–H groups in total. The van der Waals surface area contributed by atoms with Crippen LogP contribution < -0.4 is 14.8 Å². The molecule has 2 aromatic carbocycles. The van der Waals surface area contributed by atoms with Crippen LogP contribution in [0, 0.1) is 11.3 Å². The predicted molar refractivity (Wildman–Crippen MR) is 169 cm³/mol. The molecule has 2 aliphatic rings. The number of fused-ring (bicyclic) bond motifs is 1. The molecule has 244 valence electrons. The van der Waals surface area contributed by atoms with E-state index in [-0.39, 0.29) is 37.8 Å². The van der Waals surface area contributed by atoms with E-state index < -0.39 is 29.5 Å². The molecule has 2 aromatic rings. The molecule has 1 saturated heterocycles. The van der Waals surface area contributed by atoms with Gasteiger partial charge in [-0.15, -0.1) is 0 Å². The Bertz CT molecular complexity index is 1350. The molecule has 0 aliphatic carbocycles. The maximum Gasteiger partial charge on any atom is 0.320 e. The highest BCUT2D eigenvalue weighted by Gasteiger charge is 2.59. The lowest BCUT2D eigenvalue weighted by Crippen LogP contribution is -2.60. The number of unbranched alkanes of at least 4 members (excludes halogenated alkanes) is 1. The highest BCUT2D eigenvalue weighted by molar-refractivity contribution is 5.92. The van der Waals surface area contributed by atoms with E-state index >= 15 is 0 Å². The average molecular weight is 623 g/mol. The van der Waals surface area contributed by atoms with Crippen molar-refractivity contribution in [1.82, 2.24) is 10.2 Å². The molecule has 0 aromatic heterocycles. The molecular weight excluding hydrogens is 576 g/mol. The summed E-state index contributed by atoms with van der Waals surface area (Å²) in [5.41, 5.74) is 1.22. The van der Waals surface area contributed by atoms with Crippen LogP contribution in [-0.4, -0.2) is 75.9 Å². The predicted octanol–water partition coefficient (Wildman–Crippen LogP) is 4.45. The minimum absolute atomic E-state index is 0.0300. The van der Waals surface area contributed by atoms with Crippen LogP contribution in [0.3, 0.4) is 0 Å². The van der Waals surface area contributed by atoms with E-state index in [0.29, 0.717) is 36.8 Å². The number of rotatable bonds is 15. The van der Waals surface area contributed by atoms with Crippen LogP contribution in [-0.2, 0) is 41.6 Å². The number of carbonyl (C=O) groups is 3. The normalized spacial score (nSPS) is 22.7. The third-order valence-corrected chi connectivity index (χ3v) is 8.65. The van der Waals surface area contributed by atoms with Crippen LogP contribution in [0.15, 0.2) is 60.3 Å². The Morgan fingerprint density at radius 2 is 1.80 bits per heavy atom. The maximum atomic E-state index is 14.2. The summed E-state index contributed by atoms with van der Waals surface area (Å²) in [6.45, 7) is 5.33. The van der Waals surface area contributed by atoms with Crippen LogP contribution in [0.5, 0.6) is 11.5 Å². The van der Waals surface area contributed by atoms with Gasteiger partial charge in [-0.25, -0.2) is 0 Å². The SMILES string of the molecule is CCCCNC(=O)C[C@H]1C[C@@]2(C(=O)OC)C(=C[C@H](COCc3ccccc3)O[C@@H]2C)N(CCc2ccc(OC)c(OC)c2)C1=O. The number of nitrogens with one attached hydrogen (secondary N) is 1.